The minimum atomic E-state index is -0.622. The van der Waals surface area contributed by atoms with Gasteiger partial charge in [0.1, 0.15) is 18.1 Å². The average Bonchev–Trinajstić information content (AvgIpc) is 3.08. The Balaban J connectivity index is 1.63. The first kappa shape index (κ1) is 17.5. The van der Waals surface area contributed by atoms with Crippen LogP contribution in [0.3, 0.4) is 0 Å². The van der Waals surface area contributed by atoms with Crippen LogP contribution in [-0.4, -0.2) is 30.5 Å². The maximum atomic E-state index is 12.2. The predicted molar refractivity (Wildman–Crippen MR) is 100 cm³/mol. The number of aliphatic imine (C=N–C) groups is 1. The maximum absolute atomic E-state index is 12.2. The molecule has 2 aliphatic heterocycles. The first-order valence-corrected chi connectivity index (χ1v) is 8.32. The molecule has 0 N–H and O–H groups in total. The summed E-state index contributed by atoms with van der Waals surface area (Å²) in [5, 5.41) is 10.9. The highest BCUT2D eigenvalue weighted by atomic mass is 16.6. The number of hydrogen-bond donors (Lipinski definition) is 0. The number of benzene rings is 2. The van der Waals surface area contributed by atoms with E-state index in [4.69, 9.17) is 14.2 Å². The number of nitro benzene ring substituents is 1. The van der Waals surface area contributed by atoms with Crippen LogP contribution >= 0.6 is 0 Å². The monoisotopic (exact) mass is 378 g/mol. The molecular formula is C20H14N2O6. The number of nitro groups is 1. The topological polar surface area (TPSA) is 100 Å². The Morgan fingerprint density at radius 2 is 2.11 bits per heavy atom. The fourth-order valence-corrected chi connectivity index (χ4v) is 2.83. The van der Waals surface area contributed by atoms with Gasteiger partial charge in [-0.05, 0) is 35.9 Å². The SMILES string of the molecule is COc1ccc2c(c1)OCC(/C=C1\N=C(c3cccc([N+](=O)[O-])c3)OC1=O)=C2. The summed E-state index contributed by atoms with van der Waals surface area (Å²) in [4.78, 5) is 26.7. The van der Waals surface area contributed by atoms with Crippen molar-refractivity contribution >= 4 is 23.6 Å². The number of non-ortho nitro benzene ring substituents is 1. The fourth-order valence-electron chi connectivity index (χ4n) is 2.83. The van der Waals surface area contributed by atoms with Crippen LogP contribution in [0.1, 0.15) is 11.1 Å². The van der Waals surface area contributed by atoms with E-state index in [1.165, 1.54) is 18.2 Å². The first-order chi connectivity index (χ1) is 13.5. The first-order valence-electron chi connectivity index (χ1n) is 8.32. The highest BCUT2D eigenvalue weighted by Crippen LogP contribution is 2.31. The largest absolute Gasteiger partial charge is 0.497 e. The van der Waals surface area contributed by atoms with Crippen molar-refractivity contribution < 1.29 is 23.9 Å². The van der Waals surface area contributed by atoms with E-state index >= 15 is 0 Å². The molecule has 2 aromatic carbocycles. The summed E-state index contributed by atoms with van der Waals surface area (Å²) in [6.07, 6.45) is 3.47. The van der Waals surface area contributed by atoms with Gasteiger partial charge < -0.3 is 14.2 Å². The van der Waals surface area contributed by atoms with Crippen molar-refractivity contribution in [2.45, 2.75) is 0 Å². The van der Waals surface area contributed by atoms with Gasteiger partial charge in [-0.3, -0.25) is 10.1 Å². The van der Waals surface area contributed by atoms with Gasteiger partial charge in [0.25, 0.3) is 5.69 Å². The van der Waals surface area contributed by atoms with E-state index in [-0.39, 0.29) is 23.9 Å². The van der Waals surface area contributed by atoms with Crippen molar-refractivity contribution in [3.05, 3.63) is 81.1 Å². The molecule has 0 spiro atoms. The molecular weight excluding hydrogens is 364 g/mol. The second-order valence-electron chi connectivity index (χ2n) is 6.06. The van der Waals surface area contributed by atoms with E-state index in [9.17, 15) is 14.9 Å². The summed E-state index contributed by atoms with van der Waals surface area (Å²) in [6.45, 7) is 0.263. The maximum Gasteiger partial charge on any atom is 0.363 e. The number of carbonyl (C=O) groups is 1. The van der Waals surface area contributed by atoms with Gasteiger partial charge in [-0.1, -0.05) is 6.07 Å². The van der Waals surface area contributed by atoms with Gasteiger partial charge in [0, 0.05) is 29.3 Å². The lowest BCUT2D eigenvalue weighted by Gasteiger charge is -2.16. The number of rotatable bonds is 4. The molecule has 2 heterocycles. The molecule has 0 radical (unpaired) electrons. The van der Waals surface area contributed by atoms with E-state index in [1.807, 2.05) is 18.2 Å². The molecule has 4 rings (SSSR count). The second-order valence-corrected chi connectivity index (χ2v) is 6.06. The van der Waals surface area contributed by atoms with Crippen molar-refractivity contribution in [2.75, 3.05) is 13.7 Å². The van der Waals surface area contributed by atoms with Crippen LogP contribution in [0.4, 0.5) is 5.69 Å². The number of nitrogens with zero attached hydrogens (tertiary/aromatic N) is 2. The van der Waals surface area contributed by atoms with Crippen molar-refractivity contribution in [1.29, 1.82) is 0 Å². The van der Waals surface area contributed by atoms with Crippen LogP contribution in [-0.2, 0) is 9.53 Å². The summed E-state index contributed by atoms with van der Waals surface area (Å²) in [5.74, 6) is 0.793. The predicted octanol–water partition coefficient (Wildman–Crippen LogP) is 3.27. The minimum Gasteiger partial charge on any atom is -0.497 e. The number of esters is 1. The molecule has 0 amide bonds. The summed E-state index contributed by atoms with van der Waals surface area (Å²) < 4.78 is 16.1. The van der Waals surface area contributed by atoms with Crippen molar-refractivity contribution in [1.82, 2.24) is 0 Å². The Bertz CT molecular complexity index is 1080. The summed E-state index contributed by atoms with van der Waals surface area (Å²) in [6, 6.07) is 11.2. The van der Waals surface area contributed by atoms with E-state index in [2.05, 4.69) is 4.99 Å². The van der Waals surface area contributed by atoms with Crippen LogP contribution in [0.5, 0.6) is 11.5 Å². The zero-order valence-corrected chi connectivity index (χ0v) is 14.7. The molecule has 0 bridgehead atoms. The zero-order chi connectivity index (χ0) is 19.7. The summed E-state index contributed by atoms with van der Waals surface area (Å²) in [5.41, 5.74) is 1.96. The van der Waals surface area contributed by atoms with Gasteiger partial charge in [-0.15, -0.1) is 0 Å². The molecule has 0 saturated carbocycles. The Morgan fingerprint density at radius 3 is 2.89 bits per heavy atom. The van der Waals surface area contributed by atoms with E-state index < -0.39 is 10.9 Å². The third-order valence-corrected chi connectivity index (χ3v) is 4.20. The van der Waals surface area contributed by atoms with Crippen LogP contribution in [0.15, 0.2) is 64.8 Å². The molecule has 0 atom stereocenters. The number of hydrogen-bond acceptors (Lipinski definition) is 7. The van der Waals surface area contributed by atoms with Crippen molar-refractivity contribution in [2.24, 2.45) is 4.99 Å². The van der Waals surface area contributed by atoms with Crippen LogP contribution in [0.25, 0.3) is 6.08 Å². The zero-order valence-electron chi connectivity index (χ0n) is 14.7. The fraction of sp³-hybridized carbons (Fsp3) is 0.100. The highest BCUT2D eigenvalue weighted by molar-refractivity contribution is 6.11. The lowest BCUT2D eigenvalue weighted by atomic mass is 10.1. The van der Waals surface area contributed by atoms with Crippen molar-refractivity contribution in [3.63, 3.8) is 0 Å². The number of carbonyl (C=O) groups excluding carboxylic acids is 1. The van der Waals surface area contributed by atoms with Gasteiger partial charge >= 0.3 is 5.97 Å². The molecule has 8 heteroatoms. The molecule has 0 unspecified atom stereocenters. The number of cyclic esters (lactones) is 1. The summed E-state index contributed by atoms with van der Waals surface area (Å²) in [7, 11) is 1.58. The molecule has 2 aliphatic rings. The summed E-state index contributed by atoms with van der Waals surface area (Å²) >= 11 is 0. The Hall–Kier alpha value is -3.94. The van der Waals surface area contributed by atoms with E-state index in [0.717, 1.165) is 11.1 Å². The average molecular weight is 378 g/mol. The standard InChI is InChI=1S/C20H14N2O6/c1-26-16-6-5-13-7-12(11-27-18(13)10-16)8-17-20(23)28-19(21-17)14-3-2-4-15(9-14)22(24)25/h2-10H,11H2,1H3/b17-8-. The third kappa shape index (κ3) is 3.35. The van der Waals surface area contributed by atoms with Gasteiger partial charge in [-0.2, -0.15) is 0 Å². The Kier molecular flexibility index (Phi) is 4.36. The van der Waals surface area contributed by atoms with Crippen LogP contribution in [0.2, 0.25) is 0 Å². The normalized spacial score (nSPS) is 16.6. The quantitative estimate of drug-likeness (QED) is 0.350. The Morgan fingerprint density at radius 1 is 1.25 bits per heavy atom. The number of methoxy groups -OCH3 is 1. The van der Waals surface area contributed by atoms with Gasteiger partial charge in [-0.25, -0.2) is 9.79 Å². The molecule has 140 valence electrons. The Labute approximate surface area is 159 Å². The highest BCUT2D eigenvalue weighted by Gasteiger charge is 2.26. The smallest absolute Gasteiger partial charge is 0.363 e. The van der Waals surface area contributed by atoms with Crippen molar-refractivity contribution in [3.8, 4) is 11.5 Å². The lowest BCUT2D eigenvalue weighted by molar-refractivity contribution is -0.384. The molecule has 28 heavy (non-hydrogen) atoms. The molecule has 0 fully saturated rings. The van der Waals surface area contributed by atoms with Gasteiger partial charge in [0.2, 0.25) is 5.90 Å². The van der Waals surface area contributed by atoms with E-state index in [0.29, 0.717) is 17.1 Å². The van der Waals surface area contributed by atoms with Crippen LogP contribution < -0.4 is 9.47 Å². The molecule has 2 aromatic rings. The van der Waals surface area contributed by atoms with Gasteiger partial charge in [0.15, 0.2) is 5.70 Å². The minimum absolute atomic E-state index is 0.0300. The molecule has 0 saturated heterocycles. The van der Waals surface area contributed by atoms with Gasteiger partial charge in [0.05, 0.1) is 12.0 Å². The number of fused-ring (bicyclic) bond motifs is 1. The van der Waals surface area contributed by atoms with Crippen LogP contribution in [0, 0.1) is 10.1 Å². The second kappa shape index (κ2) is 6.99. The molecule has 0 aliphatic carbocycles. The lowest BCUT2D eigenvalue weighted by Crippen LogP contribution is -2.08. The van der Waals surface area contributed by atoms with E-state index in [1.54, 1.807) is 25.3 Å². The molecule has 0 aromatic heterocycles. The number of ether oxygens (including phenoxy) is 3. The third-order valence-electron chi connectivity index (χ3n) is 4.20. The molecule has 8 nitrogen and oxygen atoms in total.